The molecule has 0 saturated carbocycles. The normalized spacial score (nSPS) is 9.79. The van der Waals surface area contributed by atoms with E-state index in [2.05, 4.69) is 9.98 Å². The van der Waals surface area contributed by atoms with Crippen LogP contribution in [0.4, 0.5) is 5.69 Å². The van der Waals surface area contributed by atoms with Crippen molar-refractivity contribution in [2.24, 2.45) is 4.99 Å². The number of hydrogen-bond donors (Lipinski definition) is 0. The molecular formula is C10H5ClN2O. The van der Waals surface area contributed by atoms with Gasteiger partial charge in [0.2, 0.25) is 6.08 Å². The summed E-state index contributed by atoms with van der Waals surface area (Å²) in [5.74, 6) is 0. The largest absolute Gasteiger partial charge is 0.254 e. The fraction of sp³-hybridized carbons (Fsp3) is 0. The molecule has 0 saturated heterocycles. The fourth-order valence-electron chi connectivity index (χ4n) is 1.20. The van der Waals surface area contributed by atoms with Gasteiger partial charge in [0.05, 0.1) is 17.4 Å². The molecule has 0 aliphatic carbocycles. The van der Waals surface area contributed by atoms with Crippen molar-refractivity contribution < 1.29 is 4.79 Å². The number of carbonyl (C=O) groups excluding carboxylic acids is 1. The lowest BCUT2D eigenvalue weighted by atomic mass is 10.2. The van der Waals surface area contributed by atoms with Crippen LogP contribution < -0.4 is 0 Å². The number of benzene rings is 1. The number of fused-ring (bicyclic) bond motifs is 1. The van der Waals surface area contributed by atoms with Crippen LogP contribution in [0.25, 0.3) is 10.9 Å². The quantitative estimate of drug-likeness (QED) is 0.530. The Kier molecular flexibility index (Phi) is 2.27. The van der Waals surface area contributed by atoms with E-state index in [-0.39, 0.29) is 0 Å². The van der Waals surface area contributed by atoms with E-state index in [1.807, 2.05) is 6.07 Å². The number of aromatic nitrogens is 1. The predicted octanol–water partition coefficient (Wildman–Crippen LogP) is 2.86. The average Bonchev–Trinajstić information content (AvgIpc) is 2.17. The molecule has 0 aliphatic heterocycles. The molecule has 0 bridgehead atoms. The lowest BCUT2D eigenvalue weighted by Gasteiger charge is -1.97. The molecule has 0 aliphatic rings. The lowest BCUT2D eigenvalue weighted by molar-refractivity contribution is 0.565. The van der Waals surface area contributed by atoms with Crippen LogP contribution in [0, 0.1) is 0 Å². The summed E-state index contributed by atoms with van der Waals surface area (Å²) in [5, 5.41) is 1.49. The van der Waals surface area contributed by atoms with Crippen molar-refractivity contribution >= 4 is 34.3 Å². The van der Waals surface area contributed by atoms with Gasteiger partial charge in [-0.05, 0) is 24.3 Å². The van der Waals surface area contributed by atoms with Gasteiger partial charge in [-0.15, -0.1) is 0 Å². The third-order valence-electron chi connectivity index (χ3n) is 1.80. The van der Waals surface area contributed by atoms with Crippen LogP contribution in [0.5, 0.6) is 0 Å². The van der Waals surface area contributed by atoms with Gasteiger partial charge in [0.1, 0.15) is 0 Å². The van der Waals surface area contributed by atoms with Gasteiger partial charge in [-0.3, -0.25) is 4.98 Å². The van der Waals surface area contributed by atoms with E-state index in [1.165, 1.54) is 12.3 Å². The number of aliphatic imine (C=N–C) groups is 1. The zero-order valence-corrected chi connectivity index (χ0v) is 7.82. The molecule has 0 N–H and O–H groups in total. The summed E-state index contributed by atoms with van der Waals surface area (Å²) in [7, 11) is 0. The van der Waals surface area contributed by atoms with Crippen LogP contribution in [0.3, 0.4) is 0 Å². The summed E-state index contributed by atoms with van der Waals surface area (Å²) < 4.78 is 0. The first-order chi connectivity index (χ1) is 6.79. The Morgan fingerprint density at radius 2 is 2.21 bits per heavy atom. The van der Waals surface area contributed by atoms with Crippen molar-refractivity contribution in [2.75, 3.05) is 0 Å². The highest BCUT2D eigenvalue weighted by atomic mass is 35.5. The Bertz CT molecular complexity index is 533. The molecule has 14 heavy (non-hydrogen) atoms. The van der Waals surface area contributed by atoms with Crippen molar-refractivity contribution in [1.29, 1.82) is 0 Å². The van der Waals surface area contributed by atoms with Gasteiger partial charge in [-0.1, -0.05) is 11.6 Å². The van der Waals surface area contributed by atoms with Crippen molar-refractivity contribution in [3.05, 3.63) is 35.5 Å². The predicted molar refractivity (Wildman–Crippen MR) is 54.5 cm³/mol. The van der Waals surface area contributed by atoms with E-state index in [4.69, 9.17) is 11.6 Å². The maximum Gasteiger partial charge on any atom is 0.240 e. The van der Waals surface area contributed by atoms with Gasteiger partial charge in [0, 0.05) is 10.4 Å². The molecule has 1 heterocycles. The van der Waals surface area contributed by atoms with E-state index in [9.17, 15) is 4.79 Å². The zero-order valence-electron chi connectivity index (χ0n) is 7.07. The molecule has 1 aromatic heterocycles. The minimum Gasteiger partial charge on any atom is -0.254 e. The molecule has 2 rings (SSSR count). The van der Waals surface area contributed by atoms with Crippen LogP contribution >= 0.6 is 11.6 Å². The van der Waals surface area contributed by atoms with Crippen molar-refractivity contribution in [1.82, 2.24) is 4.98 Å². The number of isocyanates is 1. The number of pyridine rings is 1. The first kappa shape index (κ1) is 8.88. The van der Waals surface area contributed by atoms with Gasteiger partial charge in [0.15, 0.2) is 0 Å². The zero-order chi connectivity index (χ0) is 9.97. The highest BCUT2D eigenvalue weighted by Crippen LogP contribution is 2.21. The Morgan fingerprint density at radius 1 is 1.36 bits per heavy atom. The van der Waals surface area contributed by atoms with Crippen LogP contribution in [-0.4, -0.2) is 11.1 Å². The number of hydrogen-bond acceptors (Lipinski definition) is 3. The van der Waals surface area contributed by atoms with Crippen molar-refractivity contribution in [3.8, 4) is 0 Å². The molecule has 0 amide bonds. The molecule has 0 fully saturated rings. The summed E-state index contributed by atoms with van der Waals surface area (Å²) in [6.45, 7) is 0. The molecule has 0 unspecified atom stereocenters. The van der Waals surface area contributed by atoms with E-state index in [0.717, 1.165) is 10.9 Å². The van der Waals surface area contributed by atoms with Gasteiger partial charge >= 0.3 is 0 Å². The SMILES string of the molecule is O=C=Nc1cnc2ccc(Cl)cc2c1. The highest BCUT2D eigenvalue weighted by Gasteiger charge is 1.97. The highest BCUT2D eigenvalue weighted by molar-refractivity contribution is 6.31. The molecule has 4 heteroatoms. The van der Waals surface area contributed by atoms with Gasteiger partial charge in [-0.25, -0.2) is 4.79 Å². The van der Waals surface area contributed by atoms with Crippen LogP contribution in [0.15, 0.2) is 35.5 Å². The minimum atomic E-state index is 0.481. The molecule has 68 valence electrons. The minimum absolute atomic E-state index is 0.481. The molecule has 0 atom stereocenters. The van der Waals surface area contributed by atoms with Gasteiger partial charge < -0.3 is 0 Å². The van der Waals surface area contributed by atoms with Crippen molar-refractivity contribution in [3.63, 3.8) is 0 Å². The van der Waals surface area contributed by atoms with Gasteiger partial charge in [0.25, 0.3) is 0 Å². The molecular weight excluding hydrogens is 200 g/mol. The van der Waals surface area contributed by atoms with E-state index in [1.54, 1.807) is 18.2 Å². The molecule has 0 spiro atoms. The number of rotatable bonds is 1. The topological polar surface area (TPSA) is 42.3 Å². The number of nitrogens with zero attached hydrogens (tertiary/aromatic N) is 2. The van der Waals surface area contributed by atoms with Crippen LogP contribution in [-0.2, 0) is 4.79 Å². The lowest BCUT2D eigenvalue weighted by Crippen LogP contribution is -1.77. The van der Waals surface area contributed by atoms with E-state index >= 15 is 0 Å². The van der Waals surface area contributed by atoms with Crippen LogP contribution in [0.1, 0.15) is 0 Å². The Morgan fingerprint density at radius 3 is 3.00 bits per heavy atom. The third-order valence-corrected chi connectivity index (χ3v) is 2.04. The van der Waals surface area contributed by atoms with E-state index < -0.39 is 0 Å². The monoisotopic (exact) mass is 204 g/mol. The third kappa shape index (κ3) is 1.64. The summed E-state index contributed by atoms with van der Waals surface area (Å²) in [5.41, 5.74) is 1.30. The maximum absolute atomic E-state index is 10.0. The summed E-state index contributed by atoms with van der Waals surface area (Å²) in [6.07, 6.45) is 2.98. The average molecular weight is 205 g/mol. The second-order valence-corrected chi connectivity index (χ2v) is 3.17. The summed E-state index contributed by atoms with van der Waals surface area (Å²) >= 11 is 5.81. The Labute approximate surface area is 85.1 Å². The fourth-order valence-corrected chi connectivity index (χ4v) is 1.39. The Hall–Kier alpha value is -1.70. The molecule has 3 nitrogen and oxygen atoms in total. The first-order valence-corrected chi connectivity index (χ1v) is 4.30. The molecule has 2 aromatic rings. The molecule has 0 radical (unpaired) electrons. The summed E-state index contributed by atoms with van der Waals surface area (Å²) in [6, 6.07) is 7.08. The first-order valence-electron chi connectivity index (χ1n) is 3.93. The Balaban J connectivity index is 2.69. The molecule has 1 aromatic carbocycles. The smallest absolute Gasteiger partial charge is 0.240 e. The summed E-state index contributed by atoms with van der Waals surface area (Å²) in [4.78, 5) is 17.6. The number of halogens is 1. The standard InChI is InChI=1S/C10H5ClN2O/c11-8-1-2-10-7(3-8)4-9(5-12-10)13-6-14/h1-5H. The second kappa shape index (κ2) is 3.58. The second-order valence-electron chi connectivity index (χ2n) is 2.73. The van der Waals surface area contributed by atoms with Crippen LogP contribution in [0.2, 0.25) is 5.02 Å². The van der Waals surface area contributed by atoms with Gasteiger partial charge in [-0.2, -0.15) is 4.99 Å². The van der Waals surface area contributed by atoms with E-state index in [0.29, 0.717) is 10.7 Å². The van der Waals surface area contributed by atoms with Crippen molar-refractivity contribution in [2.45, 2.75) is 0 Å². The maximum atomic E-state index is 10.0.